The number of carbonyl (C=O) groups excluding carboxylic acids is 1. The molecule has 0 spiro atoms. The second kappa shape index (κ2) is 9.77. The van der Waals surface area contributed by atoms with Crippen LogP contribution in [0.25, 0.3) is 0 Å². The minimum absolute atomic E-state index is 0.241. The molecule has 148 valence electrons. The average Bonchev–Trinajstić information content (AvgIpc) is 2.28. The largest absolute Gasteiger partial charge is 0.469 e. The molecule has 0 rings (SSSR count). The fourth-order valence-corrected chi connectivity index (χ4v) is 16.9. The van der Waals surface area contributed by atoms with E-state index in [1.807, 2.05) is 0 Å². The maximum atomic E-state index is 11.5. The van der Waals surface area contributed by atoms with E-state index in [1.54, 1.807) is 6.08 Å². The van der Waals surface area contributed by atoms with Crippen LogP contribution in [0.15, 0.2) is 12.7 Å². The summed E-state index contributed by atoms with van der Waals surface area (Å²) >= 11 is 0. The highest BCUT2D eigenvalue weighted by atomic mass is 28.5. The van der Waals surface area contributed by atoms with Gasteiger partial charge in [-0.1, -0.05) is 6.08 Å². The molecule has 0 bridgehead atoms. The molecule has 0 aliphatic carbocycles. The van der Waals surface area contributed by atoms with Crippen LogP contribution in [-0.2, 0) is 21.9 Å². The molecule has 0 aliphatic rings. The van der Waals surface area contributed by atoms with Crippen molar-refractivity contribution in [3.05, 3.63) is 12.7 Å². The van der Waals surface area contributed by atoms with Gasteiger partial charge in [-0.25, -0.2) is 0 Å². The van der Waals surface area contributed by atoms with Crippen LogP contribution in [-0.4, -0.2) is 46.3 Å². The average molecular weight is 423 g/mol. The monoisotopic (exact) mass is 422 g/mol. The molecule has 0 fully saturated rings. The first-order valence-corrected chi connectivity index (χ1v) is 21.1. The van der Waals surface area contributed by atoms with Crippen molar-refractivity contribution in [2.45, 2.75) is 77.8 Å². The van der Waals surface area contributed by atoms with Crippen LogP contribution in [0.2, 0.25) is 65.0 Å². The van der Waals surface area contributed by atoms with Crippen LogP contribution >= 0.6 is 0 Å². The maximum absolute atomic E-state index is 11.5. The lowest BCUT2D eigenvalue weighted by molar-refractivity contribution is -0.142. The van der Waals surface area contributed by atoms with Crippen molar-refractivity contribution in [1.82, 2.24) is 0 Å². The van der Waals surface area contributed by atoms with E-state index < -0.39 is 33.8 Å². The summed E-state index contributed by atoms with van der Waals surface area (Å²) in [5.74, 6) is -0.245. The van der Waals surface area contributed by atoms with Gasteiger partial charge in [-0.3, -0.25) is 4.79 Å². The predicted octanol–water partition coefficient (Wildman–Crippen LogP) is 4.99. The highest BCUT2D eigenvalue weighted by molar-refractivity contribution is 6.90. The third-order valence-corrected chi connectivity index (χ3v) is 14.6. The van der Waals surface area contributed by atoms with E-state index in [1.165, 1.54) is 0 Å². The Morgan fingerprint density at radius 2 is 1.24 bits per heavy atom. The van der Waals surface area contributed by atoms with Crippen molar-refractivity contribution in [1.29, 1.82) is 0 Å². The summed E-state index contributed by atoms with van der Waals surface area (Å²) in [6.45, 7) is 23.4. The standard InChI is InChI=1S/C16H38O5Si4/c1-11-13-16(17)18-14-12-15-25(19-22(2,3)4,20-23(5,6)7)21-24(8,9)10/h11H,1,12-15H2,2-10H3. The highest BCUT2D eigenvalue weighted by Crippen LogP contribution is 2.29. The molecule has 0 radical (unpaired) electrons. The predicted molar refractivity (Wildman–Crippen MR) is 114 cm³/mol. The fraction of sp³-hybridized carbons (Fsp3) is 0.812. The van der Waals surface area contributed by atoms with Crippen LogP contribution in [0.1, 0.15) is 12.8 Å². The summed E-state index contributed by atoms with van der Waals surface area (Å²) in [5.41, 5.74) is 0. The Labute approximate surface area is 158 Å². The molecule has 9 heteroatoms. The van der Waals surface area contributed by atoms with Crippen LogP contribution in [0.5, 0.6) is 0 Å². The van der Waals surface area contributed by atoms with Crippen molar-refractivity contribution < 1.29 is 21.9 Å². The first-order valence-electron chi connectivity index (χ1n) is 8.95. The first-order chi connectivity index (χ1) is 11.1. The fourth-order valence-electron chi connectivity index (χ4n) is 2.27. The Morgan fingerprint density at radius 1 is 0.840 bits per heavy atom. The van der Waals surface area contributed by atoms with E-state index in [2.05, 4.69) is 65.5 Å². The first kappa shape index (κ1) is 25.0. The molecule has 5 nitrogen and oxygen atoms in total. The molecule has 0 heterocycles. The molecule has 0 unspecified atom stereocenters. The number of hydrogen-bond donors (Lipinski definition) is 0. The van der Waals surface area contributed by atoms with E-state index >= 15 is 0 Å². The Bertz CT molecular complexity index is 394. The number of esters is 1. The molecule has 0 aromatic heterocycles. The van der Waals surface area contributed by atoms with Gasteiger partial charge in [0.05, 0.1) is 13.0 Å². The van der Waals surface area contributed by atoms with Crippen LogP contribution in [0.4, 0.5) is 0 Å². The number of rotatable bonds is 12. The Kier molecular flexibility index (Phi) is 9.75. The normalized spacial score (nSPS) is 13.6. The summed E-state index contributed by atoms with van der Waals surface area (Å²) in [6.07, 6.45) is 2.48. The van der Waals surface area contributed by atoms with Gasteiger partial charge in [-0.05, 0) is 65.3 Å². The maximum Gasteiger partial charge on any atom is 0.469 e. The second-order valence-corrected chi connectivity index (χ2v) is 26.1. The van der Waals surface area contributed by atoms with Crippen LogP contribution in [0, 0.1) is 0 Å². The zero-order valence-corrected chi connectivity index (χ0v) is 21.7. The molecule has 0 N–H and O–H groups in total. The van der Waals surface area contributed by atoms with E-state index in [0.717, 1.165) is 0 Å². The zero-order chi connectivity index (χ0) is 19.9. The van der Waals surface area contributed by atoms with Gasteiger partial charge in [-0.15, -0.1) is 6.58 Å². The minimum atomic E-state index is -2.82. The van der Waals surface area contributed by atoms with Crippen molar-refractivity contribution in [3.63, 3.8) is 0 Å². The molecule has 0 aromatic rings. The molecule has 0 aromatic carbocycles. The van der Waals surface area contributed by atoms with Gasteiger partial charge in [0.25, 0.3) is 0 Å². The quantitative estimate of drug-likeness (QED) is 0.192. The summed E-state index contributed by atoms with van der Waals surface area (Å²) in [7, 11) is -8.37. The van der Waals surface area contributed by atoms with E-state index in [9.17, 15) is 4.79 Å². The number of ether oxygens (including phenoxy) is 1. The molecule has 25 heavy (non-hydrogen) atoms. The molecular weight excluding hydrogens is 385 g/mol. The molecule has 0 saturated carbocycles. The van der Waals surface area contributed by atoms with Gasteiger partial charge < -0.3 is 17.1 Å². The lowest BCUT2D eigenvalue weighted by Crippen LogP contribution is -2.60. The van der Waals surface area contributed by atoms with Gasteiger partial charge in [0, 0.05) is 6.04 Å². The molecular formula is C16H38O5Si4. The number of hydrogen-bond acceptors (Lipinski definition) is 5. The van der Waals surface area contributed by atoms with Crippen molar-refractivity contribution >= 4 is 39.7 Å². The summed E-state index contributed by atoms with van der Waals surface area (Å²) in [6, 6.07) is 0.688. The molecule has 0 atom stereocenters. The molecule has 0 aliphatic heterocycles. The van der Waals surface area contributed by atoms with Gasteiger partial charge >= 0.3 is 14.8 Å². The molecule has 0 saturated heterocycles. The third kappa shape index (κ3) is 13.8. The Hall–Kier alpha value is -0.0425. The van der Waals surface area contributed by atoms with Crippen LogP contribution < -0.4 is 0 Å². The number of carbonyl (C=O) groups is 1. The van der Waals surface area contributed by atoms with E-state index in [4.69, 9.17) is 17.1 Å². The Morgan fingerprint density at radius 3 is 1.56 bits per heavy atom. The SMILES string of the molecule is C=CCC(=O)OCCC[Si](O[Si](C)(C)C)(O[Si](C)(C)C)O[Si](C)(C)C. The van der Waals surface area contributed by atoms with Crippen LogP contribution in [0.3, 0.4) is 0 Å². The van der Waals surface area contributed by atoms with Gasteiger partial charge in [0.2, 0.25) is 0 Å². The van der Waals surface area contributed by atoms with Gasteiger partial charge in [-0.2, -0.15) is 0 Å². The lowest BCUT2D eigenvalue weighted by atomic mass is 10.4. The van der Waals surface area contributed by atoms with E-state index in [0.29, 0.717) is 19.1 Å². The second-order valence-electron chi connectivity index (χ2n) is 9.14. The summed E-state index contributed by atoms with van der Waals surface area (Å²) in [4.78, 5) is 11.5. The summed E-state index contributed by atoms with van der Waals surface area (Å²) < 4.78 is 25.0. The third-order valence-electron chi connectivity index (χ3n) is 2.59. The topological polar surface area (TPSA) is 54.0 Å². The molecule has 0 amide bonds. The van der Waals surface area contributed by atoms with E-state index in [-0.39, 0.29) is 12.4 Å². The highest BCUT2D eigenvalue weighted by Gasteiger charge is 2.49. The smallest absolute Gasteiger partial charge is 0.465 e. The minimum Gasteiger partial charge on any atom is -0.465 e. The zero-order valence-electron chi connectivity index (χ0n) is 17.7. The Balaban J connectivity index is 5.23. The lowest BCUT2D eigenvalue weighted by Gasteiger charge is -2.42. The summed E-state index contributed by atoms with van der Waals surface area (Å²) in [5, 5.41) is 0. The van der Waals surface area contributed by atoms with Crippen molar-refractivity contribution in [2.24, 2.45) is 0 Å². The van der Waals surface area contributed by atoms with Gasteiger partial charge in [0.15, 0.2) is 25.0 Å². The van der Waals surface area contributed by atoms with Crippen molar-refractivity contribution in [2.75, 3.05) is 6.61 Å². The van der Waals surface area contributed by atoms with Crippen molar-refractivity contribution in [3.8, 4) is 0 Å². The van der Waals surface area contributed by atoms with Gasteiger partial charge in [0.1, 0.15) is 0 Å².